The van der Waals surface area contributed by atoms with Gasteiger partial charge in [-0.25, -0.2) is 4.79 Å². The van der Waals surface area contributed by atoms with Crippen molar-refractivity contribution in [2.24, 2.45) is 0 Å². The van der Waals surface area contributed by atoms with Crippen molar-refractivity contribution in [1.82, 2.24) is 4.57 Å². The van der Waals surface area contributed by atoms with Gasteiger partial charge in [0.05, 0.1) is 32.1 Å². The number of thiophene rings is 1. The van der Waals surface area contributed by atoms with Crippen molar-refractivity contribution in [3.8, 4) is 33.2 Å². The number of fused-ring (bicyclic) bond motifs is 3. The molecule has 5 nitrogen and oxygen atoms in total. The van der Waals surface area contributed by atoms with E-state index in [0.717, 1.165) is 45.9 Å². The minimum absolute atomic E-state index is 0.284. The predicted octanol–water partition coefficient (Wildman–Crippen LogP) is 5.25. The summed E-state index contributed by atoms with van der Waals surface area (Å²) in [6.45, 7) is 7.15. The van der Waals surface area contributed by atoms with Crippen LogP contribution in [0.25, 0.3) is 21.7 Å². The van der Waals surface area contributed by atoms with Gasteiger partial charge in [-0.3, -0.25) is 0 Å². The van der Waals surface area contributed by atoms with Gasteiger partial charge in [-0.05, 0) is 57.0 Å². The van der Waals surface area contributed by atoms with Crippen LogP contribution in [0.15, 0.2) is 24.3 Å². The Kier molecular flexibility index (Phi) is 5.13. The minimum atomic E-state index is -0.284. The maximum absolute atomic E-state index is 13.1. The quantitative estimate of drug-likeness (QED) is 0.538. The van der Waals surface area contributed by atoms with Gasteiger partial charge in [-0.2, -0.15) is 0 Å². The topological polar surface area (TPSA) is 49.7 Å². The fourth-order valence-corrected chi connectivity index (χ4v) is 5.12. The molecule has 2 aromatic heterocycles. The van der Waals surface area contributed by atoms with Gasteiger partial charge in [0.1, 0.15) is 0 Å². The number of ether oxygens (including phenoxy) is 3. The zero-order chi connectivity index (χ0) is 20.7. The molecule has 0 unspecified atom stereocenters. The molecule has 152 valence electrons. The van der Waals surface area contributed by atoms with Gasteiger partial charge >= 0.3 is 5.97 Å². The number of carbonyl (C=O) groups excluding carboxylic acids is 1. The number of esters is 1. The number of rotatable bonds is 5. The highest BCUT2D eigenvalue weighted by atomic mass is 32.1. The van der Waals surface area contributed by atoms with E-state index in [1.807, 2.05) is 19.1 Å². The summed E-state index contributed by atoms with van der Waals surface area (Å²) in [5.41, 5.74) is 5.75. The smallest absolute Gasteiger partial charge is 0.341 e. The Labute approximate surface area is 174 Å². The number of hydrogen-bond donors (Lipinski definition) is 0. The summed E-state index contributed by atoms with van der Waals surface area (Å²) in [6.07, 6.45) is 0.864. The van der Waals surface area contributed by atoms with E-state index in [1.165, 1.54) is 4.88 Å². The highest BCUT2D eigenvalue weighted by Crippen LogP contribution is 2.46. The summed E-state index contributed by atoms with van der Waals surface area (Å²) >= 11 is 1.70. The third kappa shape index (κ3) is 3.12. The molecule has 1 aliphatic rings. The monoisotopic (exact) mass is 411 g/mol. The molecule has 0 atom stereocenters. The lowest BCUT2D eigenvalue weighted by Gasteiger charge is -2.23. The molecule has 3 heterocycles. The maximum atomic E-state index is 13.1. The zero-order valence-corrected chi connectivity index (χ0v) is 18.2. The van der Waals surface area contributed by atoms with E-state index < -0.39 is 0 Å². The number of aromatic nitrogens is 1. The van der Waals surface area contributed by atoms with Crippen LogP contribution in [0.2, 0.25) is 0 Å². The highest BCUT2D eigenvalue weighted by Gasteiger charge is 2.32. The SMILES string of the molecule is CCOC(=O)c1c(-c2ccc(C)s2)c(C)n2c1-c1cc(OC)c(OC)cc1CC2. The second-order valence-electron chi connectivity index (χ2n) is 7.08. The Morgan fingerprint density at radius 1 is 1.14 bits per heavy atom. The molecular weight excluding hydrogens is 386 g/mol. The molecule has 1 aliphatic heterocycles. The van der Waals surface area contributed by atoms with E-state index in [1.54, 1.807) is 25.6 Å². The fraction of sp³-hybridized carbons (Fsp3) is 0.348. The summed E-state index contributed by atoms with van der Waals surface area (Å²) in [6, 6.07) is 8.17. The van der Waals surface area contributed by atoms with Gasteiger partial charge in [-0.1, -0.05) is 0 Å². The van der Waals surface area contributed by atoms with Crippen LogP contribution in [0.5, 0.6) is 11.5 Å². The first-order valence-electron chi connectivity index (χ1n) is 9.72. The minimum Gasteiger partial charge on any atom is -0.493 e. The third-order valence-corrected chi connectivity index (χ3v) is 6.48. The molecule has 0 bridgehead atoms. The molecule has 29 heavy (non-hydrogen) atoms. The molecule has 0 saturated heterocycles. The molecule has 0 aliphatic carbocycles. The lowest BCUT2D eigenvalue weighted by Crippen LogP contribution is -2.15. The van der Waals surface area contributed by atoms with E-state index >= 15 is 0 Å². The molecule has 0 fully saturated rings. The number of hydrogen-bond acceptors (Lipinski definition) is 5. The average molecular weight is 412 g/mol. The molecule has 0 radical (unpaired) electrons. The van der Waals surface area contributed by atoms with Crippen LogP contribution < -0.4 is 9.47 Å². The summed E-state index contributed by atoms with van der Waals surface area (Å²) < 4.78 is 18.8. The van der Waals surface area contributed by atoms with Crippen molar-refractivity contribution in [1.29, 1.82) is 0 Å². The van der Waals surface area contributed by atoms with Crippen LogP contribution in [-0.4, -0.2) is 31.4 Å². The number of methoxy groups -OCH3 is 2. The van der Waals surface area contributed by atoms with Crippen molar-refractivity contribution in [2.75, 3.05) is 20.8 Å². The summed E-state index contributed by atoms with van der Waals surface area (Å²) in [5.74, 6) is 1.07. The zero-order valence-electron chi connectivity index (χ0n) is 17.4. The predicted molar refractivity (Wildman–Crippen MR) is 115 cm³/mol. The first kappa shape index (κ1) is 19.6. The van der Waals surface area contributed by atoms with Crippen LogP contribution in [0, 0.1) is 13.8 Å². The van der Waals surface area contributed by atoms with Crippen LogP contribution in [0.4, 0.5) is 0 Å². The molecular formula is C23H25NO4S. The second-order valence-corrected chi connectivity index (χ2v) is 8.37. The van der Waals surface area contributed by atoms with Gasteiger partial charge in [0.15, 0.2) is 11.5 Å². The van der Waals surface area contributed by atoms with Crippen molar-refractivity contribution in [2.45, 2.75) is 33.7 Å². The van der Waals surface area contributed by atoms with E-state index in [-0.39, 0.29) is 5.97 Å². The van der Waals surface area contributed by atoms with Crippen molar-refractivity contribution in [3.05, 3.63) is 46.0 Å². The number of nitrogens with zero attached hydrogens (tertiary/aromatic N) is 1. The number of carbonyl (C=O) groups is 1. The van der Waals surface area contributed by atoms with Crippen molar-refractivity contribution >= 4 is 17.3 Å². The highest BCUT2D eigenvalue weighted by molar-refractivity contribution is 7.15. The number of aryl methyl sites for hydroxylation is 2. The van der Waals surface area contributed by atoms with Gasteiger partial charge in [0.25, 0.3) is 0 Å². The Bertz CT molecular complexity index is 1090. The molecule has 3 aromatic rings. The van der Waals surface area contributed by atoms with E-state index in [0.29, 0.717) is 23.7 Å². The number of benzene rings is 1. The molecule has 0 N–H and O–H groups in total. The lowest BCUT2D eigenvalue weighted by molar-refractivity contribution is 0.0528. The Morgan fingerprint density at radius 2 is 1.86 bits per heavy atom. The first-order valence-corrected chi connectivity index (χ1v) is 10.5. The summed E-state index contributed by atoms with van der Waals surface area (Å²) in [4.78, 5) is 15.4. The standard InChI is InChI=1S/C23H25NO4S/c1-6-28-23(25)21-20(19-8-7-13(2)29-19)14(3)24-10-9-15-11-17(26-4)18(27-5)12-16(15)22(21)24/h7-8,11-12H,6,9-10H2,1-5H3. The first-order chi connectivity index (χ1) is 14.0. The van der Waals surface area contributed by atoms with Crippen LogP contribution in [-0.2, 0) is 17.7 Å². The lowest BCUT2D eigenvalue weighted by atomic mass is 9.94. The molecule has 4 rings (SSSR count). The largest absolute Gasteiger partial charge is 0.493 e. The van der Waals surface area contributed by atoms with Crippen LogP contribution in [0.1, 0.15) is 33.4 Å². The van der Waals surface area contributed by atoms with Crippen LogP contribution in [0.3, 0.4) is 0 Å². The third-order valence-electron chi connectivity index (χ3n) is 5.46. The van der Waals surface area contributed by atoms with E-state index in [4.69, 9.17) is 14.2 Å². The van der Waals surface area contributed by atoms with E-state index in [9.17, 15) is 4.79 Å². The maximum Gasteiger partial charge on any atom is 0.341 e. The average Bonchev–Trinajstić information content (AvgIpc) is 3.27. The van der Waals surface area contributed by atoms with Crippen molar-refractivity contribution in [3.63, 3.8) is 0 Å². The van der Waals surface area contributed by atoms with E-state index in [2.05, 4.69) is 30.5 Å². The Hall–Kier alpha value is -2.73. The summed E-state index contributed by atoms with van der Waals surface area (Å²) in [7, 11) is 3.27. The summed E-state index contributed by atoms with van der Waals surface area (Å²) in [5, 5.41) is 0. The fourth-order valence-electron chi connectivity index (χ4n) is 4.15. The molecule has 0 amide bonds. The van der Waals surface area contributed by atoms with Gasteiger partial charge in [0.2, 0.25) is 0 Å². The Morgan fingerprint density at radius 3 is 2.48 bits per heavy atom. The van der Waals surface area contributed by atoms with Gasteiger partial charge in [-0.15, -0.1) is 11.3 Å². The van der Waals surface area contributed by atoms with Gasteiger partial charge < -0.3 is 18.8 Å². The molecule has 1 aromatic carbocycles. The second kappa shape index (κ2) is 7.59. The molecule has 0 saturated carbocycles. The van der Waals surface area contributed by atoms with Crippen molar-refractivity contribution < 1.29 is 19.0 Å². The van der Waals surface area contributed by atoms with Crippen LogP contribution >= 0.6 is 11.3 Å². The normalized spacial score (nSPS) is 12.3. The Balaban J connectivity index is 2.03. The van der Waals surface area contributed by atoms with Gasteiger partial charge in [0, 0.05) is 33.1 Å². The molecule has 6 heteroatoms. The molecule has 0 spiro atoms.